The molecule has 29 heavy (non-hydrogen) atoms. The highest BCUT2D eigenvalue weighted by Gasteiger charge is 2.45. The molecular formula is C20H30N4O5. The van der Waals surface area contributed by atoms with Crippen molar-refractivity contribution in [1.29, 1.82) is 0 Å². The number of carbonyl (C=O) groups is 1. The molecule has 9 heteroatoms. The number of amides is 1. The minimum atomic E-state index is -0.567. The van der Waals surface area contributed by atoms with Crippen molar-refractivity contribution in [3.05, 3.63) is 33.9 Å². The van der Waals surface area contributed by atoms with Gasteiger partial charge in [-0.25, -0.2) is 0 Å². The normalized spacial score (nSPS) is 25.1. The van der Waals surface area contributed by atoms with E-state index in [1.165, 1.54) is 12.1 Å². The lowest BCUT2D eigenvalue weighted by Crippen LogP contribution is -2.63. The molecule has 2 aliphatic rings. The lowest BCUT2D eigenvalue weighted by molar-refractivity contribution is -0.385. The van der Waals surface area contributed by atoms with Crippen molar-refractivity contribution in [2.75, 3.05) is 40.3 Å². The lowest BCUT2D eigenvalue weighted by atomic mass is 9.78. The minimum absolute atomic E-state index is 0.0368. The van der Waals surface area contributed by atoms with Gasteiger partial charge in [0.15, 0.2) is 5.75 Å². The molecule has 1 aromatic rings. The van der Waals surface area contributed by atoms with Crippen LogP contribution in [0.4, 0.5) is 5.69 Å². The van der Waals surface area contributed by atoms with E-state index in [-0.39, 0.29) is 35.5 Å². The van der Waals surface area contributed by atoms with E-state index in [4.69, 9.17) is 4.74 Å². The Kier molecular flexibility index (Phi) is 6.71. The molecule has 0 unspecified atom stereocenters. The van der Waals surface area contributed by atoms with Crippen LogP contribution < -0.4 is 5.32 Å². The Morgan fingerprint density at radius 1 is 1.45 bits per heavy atom. The quantitative estimate of drug-likeness (QED) is 0.544. The minimum Gasteiger partial charge on any atom is -0.502 e. The molecule has 1 aliphatic heterocycles. The van der Waals surface area contributed by atoms with E-state index >= 15 is 0 Å². The fourth-order valence-corrected chi connectivity index (χ4v) is 4.32. The molecular weight excluding hydrogens is 376 g/mol. The number of likely N-dealkylation sites (N-methyl/N-ethyl adjacent to an activating group) is 1. The van der Waals surface area contributed by atoms with Crippen molar-refractivity contribution in [2.24, 2.45) is 0 Å². The zero-order valence-corrected chi connectivity index (χ0v) is 17.1. The number of carbonyl (C=O) groups excluding carboxylic acids is 1. The van der Waals surface area contributed by atoms with Crippen LogP contribution in [0, 0.1) is 10.1 Å². The van der Waals surface area contributed by atoms with Crippen LogP contribution in [0.1, 0.15) is 31.2 Å². The number of nitrogens with one attached hydrogen (secondary N) is 1. The van der Waals surface area contributed by atoms with E-state index in [9.17, 15) is 20.0 Å². The Bertz CT molecular complexity index is 752. The van der Waals surface area contributed by atoms with E-state index in [2.05, 4.69) is 10.2 Å². The molecule has 9 nitrogen and oxygen atoms in total. The van der Waals surface area contributed by atoms with Gasteiger partial charge in [0, 0.05) is 45.8 Å². The van der Waals surface area contributed by atoms with Crippen LogP contribution in [-0.2, 0) is 16.1 Å². The molecule has 160 valence electrons. The maximum Gasteiger partial charge on any atom is 0.311 e. The molecule has 1 spiro atoms. The highest BCUT2D eigenvalue weighted by Crippen LogP contribution is 2.36. The van der Waals surface area contributed by atoms with Crippen LogP contribution in [0.25, 0.3) is 0 Å². The van der Waals surface area contributed by atoms with Crippen molar-refractivity contribution in [1.82, 2.24) is 15.1 Å². The number of hydrogen-bond acceptors (Lipinski definition) is 7. The SMILES string of the molecule is CN(C)C(=O)CN[C@H]1CCCC[C@@]12CN(Cc1ccc(O)c([N+](=O)[O-])c1)CCO2. The summed E-state index contributed by atoms with van der Waals surface area (Å²) in [6.45, 7) is 2.86. The summed E-state index contributed by atoms with van der Waals surface area (Å²) in [6.07, 6.45) is 4.06. The molecule has 1 amide bonds. The Morgan fingerprint density at radius 2 is 2.24 bits per heavy atom. The van der Waals surface area contributed by atoms with E-state index < -0.39 is 4.92 Å². The van der Waals surface area contributed by atoms with Gasteiger partial charge < -0.3 is 20.1 Å². The van der Waals surface area contributed by atoms with Gasteiger partial charge in [0.1, 0.15) is 0 Å². The average molecular weight is 406 g/mol. The first-order valence-corrected chi connectivity index (χ1v) is 10.1. The van der Waals surface area contributed by atoms with Crippen LogP contribution >= 0.6 is 0 Å². The summed E-state index contributed by atoms with van der Waals surface area (Å²) in [5.41, 5.74) is 0.158. The van der Waals surface area contributed by atoms with E-state index in [0.717, 1.165) is 37.8 Å². The second kappa shape index (κ2) is 9.06. The Morgan fingerprint density at radius 3 is 2.97 bits per heavy atom. The van der Waals surface area contributed by atoms with Crippen LogP contribution in [0.3, 0.4) is 0 Å². The number of phenols is 1. The molecule has 1 aromatic carbocycles. The molecule has 2 N–H and O–H groups in total. The van der Waals surface area contributed by atoms with Crippen molar-refractivity contribution in [3.63, 3.8) is 0 Å². The predicted molar refractivity (Wildman–Crippen MR) is 108 cm³/mol. The van der Waals surface area contributed by atoms with E-state index in [1.54, 1.807) is 25.1 Å². The van der Waals surface area contributed by atoms with Gasteiger partial charge >= 0.3 is 5.69 Å². The molecule has 1 aliphatic carbocycles. The van der Waals surface area contributed by atoms with Crippen LogP contribution in [0.5, 0.6) is 5.75 Å². The smallest absolute Gasteiger partial charge is 0.311 e. The van der Waals surface area contributed by atoms with Crippen LogP contribution in [0.15, 0.2) is 18.2 Å². The number of nitro groups is 1. The summed E-state index contributed by atoms with van der Waals surface area (Å²) in [7, 11) is 3.49. The number of hydrogen-bond donors (Lipinski definition) is 2. The van der Waals surface area contributed by atoms with Gasteiger partial charge in [-0.15, -0.1) is 0 Å². The van der Waals surface area contributed by atoms with Gasteiger partial charge in [-0.3, -0.25) is 19.8 Å². The molecule has 1 saturated carbocycles. The van der Waals surface area contributed by atoms with E-state index in [0.29, 0.717) is 19.7 Å². The second-order valence-electron chi connectivity index (χ2n) is 8.17. The molecule has 3 rings (SSSR count). The Balaban J connectivity index is 1.70. The van der Waals surface area contributed by atoms with Gasteiger partial charge in [0.2, 0.25) is 5.91 Å². The summed E-state index contributed by atoms with van der Waals surface area (Å²) >= 11 is 0. The first-order valence-electron chi connectivity index (χ1n) is 10.1. The largest absolute Gasteiger partial charge is 0.502 e. The zero-order chi connectivity index (χ0) is 21.0. The molecule has 0 bridgehead atoms. The summed E-state index contributed by atoms with van der Waals surface area (Å²) in [6, 6.07) is 4.62. The molecule has 0 radical (unpaired) electrons. The lowest BCUT2D eigenvalue weighted by Gasteiger charge is -2.50. The number of nitro benzene ring substituents is 1. The fraction of sp³-hybridized carbons (Fsp3) is 0.650. The first kappa shape index (κ1) is 21.5. The van der Waals surface area contributed by atoms with Crippen molar-refractivity contribution >= 4 is 11.6 Å². The zero-order valence-electron chi connectivity index (χ0n) is 17.1. The summed E-state index contributed by atoms with van der Waals surface area (Å²) in [5, 5.41) is 24.2. The van der Waals surface area contributed by atoms with Crippen molar-refractivity contribution in [2.45, 2.75) is 43.9 Å². The average Bonchev–Trinajstić information content (AvgIpc) is 2.68. The summed E-state index contributed by atoms with van der Waals surface area (Å²) < 4.78 is 6.28. The number of aromatic hydroxyl groups is 1. The van der Waals surface area contributed by atoms with Crippen LogP contribution in [-0.4, -0.2) is 77.7 Å². The van der Waals surface area contributed by atoms with Gasteiger partial charge in [0.05, 0.1) is 23.7 Å². The first-order chi connectivity index (χ1) is 13.8. The predicted octanol–water partition coefficient (Wildman–Crippen LogP) is 1.49. The van der Waals surface area contributed by atoms with Crippen LogP contribution in [0.2, 0.25) is 0 Å². The maximum absolute atomic E-state index is 12.0. The number of nitrogens with zero attached hydrogens (tertiary/aromatic N) is 3. The van der Waals surface area contributed by atoms with Gasteiger partial charge in [-0.2, -0.15) is 0 Å². The number of benzene rings is 1. The van der Waals surface area contributed by atoms with Gasteiger partial charge in [-0.05, 0) is 24.5 Å². The summed E-state index contributed by atoms with van der Waals surface area (Å²) in [4.78, 5) is 26.4. The summed E-state index contributed by atoms with van der Waals surface area (Å²) in [5.74, 6) is -0.283. The third kappa shape index (κ3) is 5.04. The van der Waals surface area contributed by atoms with Gasteiger partial charge in [0.25, 0.3) is 0 Å². The number of rotatable bonds is 6. The van der Waals surface area contributed by atoms with Crippen molar-refractivity contribution < 1.29 is 19.6 Å². The fourth-order valence-electron chi connectivity index (χ4n) is 4.32. The topological polar surface area (TPSA) is 108 Å². The third-order valence-corrected chi connectivity index (χ3v) is 5.91. The molecule has 1 heterocycles. The highest BCUT2D eigenvalue weighted by molar-refractivity contribution is 5.77. The van der Waals surface area contributed by atoms with Gasteiger partial charge in [-0.1, -0.05) is 18.9 Å². The standard InChI is InChI=1S/C20H30N4O5/c1-22(2)19(26)12-21-18-5-3-4-8-20(18)14-23(9-10-29-20)13-15-6-7-17(25)16(11-15)24(27)28/h6-7,11,18,21,25H,3-5,8-10,12-14H2,1-2H3/t18-,20+/m0/s1. The molecule has 0 aromatic heterocycles. The number of ether oxygens (including phenoxy) is 1. The Labute approximate surface area is 170 Å². The van der Waals surface area contributed by atoms with Crippen molar-refractivity contribution in [3.8, 4) is 5.75 Å². The number of phenolic OH excluding ortho intramolecular Hbond substituents is 1. The maximum atomic E-state index is 12.0. The molecule has 2 atom stereocenters. The molecule has 1 saturated heterocycles. The molecule has 2 fully saturated rings. The third-order valence-electron chi connectivity index (χ3n) is 5.91. The second-order valence-corrected chi connectivity index (χ2v) is 8.17. The highest BCUT2D eigenvalue weighted by atomic mass is 16.6. The number of morpholine rings is 1. The Hall–Kier alpha value is -2.23. The monoisotopic (exact) mass is 406 g/mol. The van der Waals surface area contributed by atoms with E-state index in [1.807, 2.05) is 0 Å².